The van der Waals surface area contributed by atoms with Gasteiger partial charge in [0, 0.05) is 10.0 Å². The summed E-state index contributed by atoms with van der Waals surface area (Å²) in [7, 11) is 1.67. The van der Waals surface area contributed by atoms with Gasteiger partial charge in [-0.2, -0.15) is 0 Å². The highest BCUT2D eigenvalue weighted by molar-refractivity contribution is 9.10. The van der Waals surface area contributed by atoms with E-state index in [9.17, 15) is 0 Å². The second kappa shape index (κ2) is 6.19. The van der Waals surface area contributed by atoms with Crippen LogP contribution in [0.25, 0.3) is 0 Å². The molecule has 0 aromatic heterocycles. The Morgan fingerprint density at radius 2 is 1.65 bits per heavy atom. The molecule has 1 atom stereocenters. The summed E-state index contributed by atoms with van der Waals surface area (Å²) in [6.07, 6.45) is 0. The van der Waals surface area contributed by atoms with Gasteiger partial charge in [0.05, 0.1) is 12.5 Å². The van der Waals surface area contributed by atoms with Crippen molar-refractivity contribution in [1.82, 2.24) is 0 Å². The van der Waals surface area contributed by atoms with Gasteiger partial charge in [-0.25, -0.2) is 0 Å². The summed E-state index contributed by atoms with van der Waals surface area (Å²) in [6.45, 7) is 6.32. The molecule has 0 radical (unpaired) electrons. The minimum atomic E-state index is -0.210. The predicted octanol–water partition coefficient (Wildman–Crippen LogP) is 5.71. The first kappa shape index (κ1) is 15.4. The molecule has 0 fully saturated rings. The molecule has 0 saturated heterocycles. The van der Waals surface area contributed by atoms with Gasteiger partial charge in [0.2, 0.25) is 0 Å². The molecule has 106 valence electrons. The van der Waals surface area contributed by atoms with Crippen LogP contribution in [0.1, 0.15) is 33.2 Å². The normalized spacial score (nSPS) is 12.3. The third-order valence-electron chi connectivity index (χ3n) is 3.46. The zero-order chi connectivity index (χ0) is 14.9. The molecule has 0 spiro atoms. The number of hydrogen-bond acceptors (Lipinski definition) is 1. The van der Waals surface area contributed by atoms with Gasteiger partial charge >= 0.3 is 0 Å². The minimum Gasteiger partial charge on any atom is -0.496 e. The maximum absolute atomic E-state index is 6.74. The van der Waals surface area contributed by atoms with Crippen LogP contribution in [0.15, 0.2) is 34.8 Å². The van der Waals surface area contributed by atoms with E-state index in [0.29, 0.717) is 0 Å². The molecule has 0 aliphatic carbocycles. The topological polar surface area (TPSA) is 9.23 Å². The Morgan fingerprint density at radius 1 is 1.05 bits per heavy atom. The fourth-order valence-electron chi connectivity index (χ4n) is 2.64. The lowest BCUT2D eigenvalue weighted by Gasteiger charge is -2.19. The third-order valence-corrected chi connectivity index (χ3v) is 4.41. The van der Waals surface area contributed by atoms with E-state index in [4.69, 9.17) is 16.3 Å². The Labute approximate surface area is 134 Å². The maximum Gasteiger partial charge on any atom is 0.125 e. The van der Waals surface area contributed by atoms with Crippen LogP contribution in [0.4, 0.5) is 0 Å². The number of halogens is 2. The van der Waals surface area contributed by atoms with E-state index in [1.54, 1.807) is 7.11 Å². The molecule has 3 heteroatoms. The van der Waals surface area contributed by atoms with Crippen molar-refractivity contribution in [3.8, 4) is 5.75 Å². The van der Waals surface area contributed by atoms with Crippen molar-refractivity contribution in [2.24, 2.45) is 0 Å². The van der Waals surface area contributed by atoms with Gasteiger partial charge in [0.15, 0.2) is 0 Å². The smallest absolute Gasteiger partial charge is 0.125 e. The Morgan fingerprint density at radius 3 is 2.20 bits per heavy atom. The van der Waals surface area contributed by atoms with Crippen LogP contribution < -0.4 is 4.74 Å². The largest absolute Gasteiger partial charge is 0.496 e. The summed E-state index contributed by atoms with van der Waals surface area (Å²) in [4.78, 5) is 0. The zero-order valence-electron chi connectivity index (χ0n) is 12.1. The van der Waals surface area contributed by atoms with Crippen molar-refractivity contribution in [3.63, 3.8) is 0 Å². The first-order chi connectivity index (χ1) is 9.43. The molecule has 0 aliphatic rings. The standard InChI is InChI=1S/C17H18BrClO/c1-10-7-11(2)16(12(3)8-10)17(19)14-6-5-13(18)9-15(14)20-4/h5-9,17H,1-4H3. The van der Waals surface area contributed by atoms with Crippen LogP contribution in [0, 0.1) is 20.8 Å². The lowest BCUT2D eigenvalue weighted by atomic mass is 9.93. The lowest BCUT2D eigenvalue weighted by Crippen LogP contribution is -2.02. The molecule has 0 aliphatic heterocycles. The number of rotatable bonds is 3. The monoisotopic (exact) mass is 352 g/mol. The van der Waals surface area contributed by atoms with Gasteiger partial charge in [-0.15, -0.1) is 11.6 Å². The molecule has 0 amide bonds. The van der Waals surface area contributed by atoms with Gasteiger partial charge < -0.3 is 4.74 Å². The molecule has 0 bridgehead atoms. The van der Waals surface area contributed by atoms with E-state index in [0.717, 1.165) is 21.3 Å². The number of ether oxygens (including phenoxy) is 1. The number of alkyl halides is 1. The van der Waals surface area contributed by atoms with Crippen molar-refractivity contribution in [3.05, 3.63) is 62.6 Å². The van der Waals surface area contributed by atoms with Crippen LogP contribution >= 0.6 is 27.5 Å². The molecule has 1 nitrogen and oxygen atoms in total. The third kappa shape index (κ3) is 3.02. The molecule has 2 rings (SSSR count). The van der Waals surface area contributed by atoms with Gasteiger partial charge in [-0.3, -0.25) is 0 Å². The summed E-state index contributed by atoms with van der Waals surface area (Å²) in [6, 6.07) is 10.3. The van der Waals surface area contributed by atoms with E-state index < -0.39 is 0 Å². The molecule has 20 heavy (non-hydrogen) atoms. The quantitative estimate of drug-likeness (QED) is 0.642. The van der Waals surface area contributed by atoms with Gasteiger partial charge in [-0.1, -0.05) is 39.7 Å². The second-order valence-electron chi connectivity index (χ2n) is 5.06. The molecule has 0 N–H and O–H groups in total. The molecule has 1 unspecified atom stereocenters. The van der Waals surface area contributed by atoms with Crippen molar-refractivity contribution >= 4 is 27.5 Å². The maximum atomic E-state index is 6.74. The number of hydrogen-bond donors (Lipinski definition) is 0. The van der Waals surface area contributed by atoms with Gasteiger partial charge in [-0.05, 0) is 49.6 Å². The highest BCUT2D eigenvalue weighted by Crippen LogP contribution is 2.39. The summed E-state index contributed by atoms with van der Waals surface area (Å²) in [5.74, 6) is 0.804. The van der Waals surface area contributed by atoms with E-state index >= 15 is 0 Å². The van der Waals surface area contributed by atoms with E-state index in [2.05, 4.69) is 48.8 Å². The zero-order valence-corrected chi connectivity index (χ0v) is 14.5. The molecule has 2 aromatic carbocycles. The van der Waals surface area contributed by atoms with E-state index in [1.807, 2.05) is 18.2 Å². The van der Waals surface area contributed by atoms with Gasteiger partial charge in [0.25, 0.3) is 0 Å². The molecular formula is C17H18BrClO. The summed E-state index contributed by atoms with van der Waals surface area (Å²) in [5.41, 5.74) is 5.85. The Hall–Kier alpha value is -0.990. The van der Waals surface area contributed by atoms with Crippen LogP contribution in [-0.4, -0.2) is 7.11 Å². The average Bonchev–Trinajstić information content (AvgIpc) is 2.37. The first-order valence-electron chi connectivity index (χ1n) is 6.49. The number of aryl methyl sites for hydroxylation is 3. The van der Waals surface area contributed by atoms with Crippen LogP contribution in [-0.2, 0) is 0 Å². The summed E-state index contributed by atoms with van der Waals surface area (Å²) < 4.78 is 6.44. The highest BCUT2D eigenvalue weighted by Gasteiger charge is 2.19. The van der Waals surface area contributed by atoms with Crippen molar-refractivity contribution in [2.75, 3.05) is 7.11 Å². The second-order valence-corrected chi connectivity index (χ2v) is 6.41. The fourth-order valence-corrected chi connectivity index (χ4v) is 3.51. The van der Waals surface area contributed by atoms with Crippen LogP contribution in [0.2, 0.25) is 0 Å². The molecule has 0 heterocycles. The minimum absolute atomic E-state index is 0.210. The SMILES string of the molecule is COc1cc(Br)ccc1C(Cl)c1c(C)cc(C)cc1C. The summed E-state index contributed by atoms with van der Waals surface area (Å²) in [5, 5.41) is -0.210. The summed E-state index contributed by atoms with van der Waals surface area (Å²) >= 11 is 10.2. The van der Waals surface area contributed by atoms with E-state index in [-0.39, 0.29) is 5.38 Å². The molecular weight excluding hydrogens is 336 g/mol. The van der Waals surface area contributed by atoms with Crippen molar-refractivity contribution < 1.29 is 4.74 Å². The lowest BCUT2D eigenvalue weighted by molar-refractivity contribution is 0.410. The molecule has 2 aromatic rings. The Balaban J connectivity index is 2.54. The van der Waals surface area contributed by atoms with Gasteiger partial charge in [0.1, 0.15) is 5.75 Å². The highest BCUT2D eigenvalue weighted by atomic mass is 79.9. The van der Waals surface area contributed by atoms with Crippen LogP contribution in [0.3, 0.4) is 0 Å². The van der Waals surface area contributed by atoms with Crippen LogP contribution in [0.5, 0.6) is 5.75 Å². The number of benzene rings is 2. The average molecular weight is 354 g/mol. The van der Waals surface area contributed by atoms with Crippen molar-refractivity contribution in [2.45, 2.75) is 26.1 Å². The predicted molar refractivity (Wildman–Crippen MR) is 89.0 cm³/mol. The fraction of sp³-hybridized carbons (Fsp3) is 0.294. The first-order valence-corrected chi connectivity index (χ1v) is 7.72. The number of methoxy groups -OCH3 is 1. The van der Waals surface area contributed by atoms with Crippen molar-refractivity contribution in [1.29, 1.82) is 0 Å². The Bertz CT molecular complexity index is 614. The molecule has 0 saturated carbocycles. The Kier molecular flexibility index (Phi) is 4.77. The van der Waals surface area contributed by atoms with E-state index in [1.165, 1.54) is 16.7 Å².